The van der Waals surface area contributed by atoms with Gasteiger partial charge in [-0.05, 0) is 18.2 Å². The molecule has 2 aromatic carbocycles. The Hall–Kier alpha value is -2.38. The Bertz CT molecular complexity index is 997. The number of hydrogen-bond donors (Lipinski definition) is 1. The van der Waals surface area contributed by atoms with Crippen LogP contribution in [0.1, 0.15) is 18.0 Å². The van der Waals surface area contributed by atoms with E-state index in [2.05, 4.69) is 9.71 Å². The van der Waals surface area contributed by atoms with Gasteiger partial charge in [-0.2, -0.15) is 0 Å². The Morgan fingerprint density at radius 3 is 2.88 bits per heavy atom. The van der Waals surface area contributed by atoms with E-state index in [-0.39, 0.29) is 11.8 Å². The summed E-state index contributed by atoms with van der Waals surface area (Å²) in [6.07, 6.45) is 2.31. The van der Waals surface area contributed by atoms with Gasteiger partial charge < -0.3 is 9.30 Å². The van der Waals surface area contributed by atoms with Crippen LogP contribution in [0.5, 0.6) is 5.75 Å². The fourth-order valence-corrected chi connectivity index (χ4v) is 4.38. The van der Waals surface area contributed by atoms with Crippen molar-refractivity contribution in [2.75, 3.05) is 12.4 Å². The molecule has 1 atom stereocenters. The molecule has 0 amide bonds. The largest absolute Gasteiger partial charge is 0.493 e. The van der Waals surface area contributed by atoms with Gasteiger partial charge in [-0.1, -0.05) is 30.3 Å². The van der Waals surface area contributed by atoms with Crippen LogP contribution < -0.4 is 9.46 Å². The van der Waals surface area contributed by atoms with Gasteiger partial charge in [0.15, 0.2) is 0 Å². The van der Waals surface area contributed by atoms with Crippen molar-refractivity contribution in [1.82, 2.24) is 14.3 Å². The average Bonchev–Trinajstić information content (AvgIpc) is 3.03. The molecule has 0 radical (unpaired) electrons. The lowest BCUT2D eigenvalue weighted by Gasteiger charge is -2.26. The van der Waals surface area contributed by atoms with E-state index in [4.69, 9.17) is 4.74 Å². The second-order valence-electron chi connectivity index (χ2n) is 6.09. The maximum Gasteiger partial charge on any atom is 0.213 e. The zero-order valence-corrected chi connectivity index (χ0v) is 14.4. The summed E-state index contributed by atoms with van der Waals surface area (Å²) in [6.45, 7) is 0.872. The summed E-state index contributed by atoms with van der Waals surface area (Å²) in [5, 5.41) is 0. The van der Waals surface area contributed by atoms with E-state index < -0.39 is 10.0 Å². The zero-order chi connectivity index (χ0) is 17.3. The lowest BCUT2D eigenvalue weighted by atomic mass is 10.0. The molecule has 130 valence electrons. The van der Waals surface area contributed by atoms with Crippen molar-refractivity contribution in [1.29, 1.82) is 0 Å². The highest BCUT2D eigenvalue weighted by atomic mass is 32.2. The van der Waals surface area contributed by atoms with Gasteiger partial charge in [-0.3, -0.25) is 0 Å². The minimum Gasteiger partial charge on any atom is -0.493 e. The SMILES string of the molecule is O=S(=O)(CCn1cnc2ccccc21)N[C@@H]1CCOc2ccccc21. The van der Waals surface area contributed by atoms with Crippen molar-refractivity contribution < 1.29 is 13.2 Å². The van der Waals surface area contributed by atoms with E-state index in [1.807, 2.05) is 53.1 Å². The van der Waals surface area contributed by atoms with Gasteiger partial charge in [0.05, 0.1) is 35.8 Å². The van der Waals surface area contributed by atoms with Crippen molar-refractivity contribution >= 4 is 21.1 Å². The van der Waals surface area contributed by atoms with Crippen LogP contribution in [0.15, 0.2) is 54.9 Å². The molecule has 0 aliphatic carbocycles. The summed E-state index contributed by atoms with van der Waals surface area (Å²) in [5.74, 6) is 0.759. The molecule has 0 spiro atoms. The molecule has 1 aliphatic heterocycles. The Labute approximate surface area is 146 Å². The van der Waals surface area contributed by atoms with Gasteiger partial charge in [0.2, 0.25) is 10.0 Å². The summed E-state index contributed by atoms with van der Waals surface area (Å²) in [7, 11) is -3.42. The summed E-state index contributed by atoms with van der Waals surface area (Å²) >= 11 is 0. The number of rotatable bonds is 5. The van der Waals surface area contributed by atoms with Crippen LogP contribution in [0.25, 0.3) is 11.0 Å². The topological polar surface area (TPSA) is 73.2 Å². The predicted octanol–water partition coefficient (Wildman–Crippen LogP) is 2.48. The number of aromatic nitrogens is 2. The van der Waals surface area contributed by atoms with Crippen molar-refractivity contribution in [3.63, 3.8) is 0 Å². The Kier molecular flexibility index (Phi) is 4.19. The molecule has 0 saturated carbocycles. The maximum absolute atomic E-state index is 12.6. The molecule has 6 nitrogen and oxygen atoms in total. The highest BCUT2D eigenvalue weighted by Gasteiger charge is 2.25. The molecule has 25 heavy (non-hydrogen) atoms. The zero-order valence-electron chi connectivity index (χ0n) is 13.6. The fourth-order valence-electron chi connectivity index (χ4n) is 3.15. The molecule has 1 aliphatic rings. The lowest BCUT2D eigenvalue weighted by molar-refractivity contribution is 0.263. The molecule has 1 aromatic heterocycles. The molecular formula is C18H19N3O3S. The molecule has 3 aromatic rings. The number of sulfonamides is 1. The summed E-state index contributed by atoms with van der Waals surface area (Å²) in [4.78, 5) is 4.30. The summed E-state index contributed by atoms with van der Waals surface area (Å²) in [5.41, 5.74) is 2.70. The summed E-state index contributed by atoms with van der Waals surface area (Å²) < 4.78 is 35.4. The first kappa shape index (κ1) is 16.1. The predicted molar refractivity (Wildman–Crippen MR) is 96.0 cm³/mol. The molecule has 2 heterocycles. The smallest absolute Gasteiger partial charge is 0.213 e. The Balaban J connectivity index is 1.48. The third-order valence-corrected chi connectivity index (χ3v) is 5.77. The molecule has 1 N–H and O–H groups in total. The van der Waals surface area contributed by atoms with E-state index in [1.165, 1.54) is 0 Å². The first-order valence-corrected chi connectivity index (χ1v) is 9.89. The van der Waals surface area contributed by atoms with Crippen LogP contribution in [0.3, 0.4) is 0 Å². The normalized spacial score (nSPS) is 17.2. The number of nitrogens with one attached hydrogen (secondary N) is 1. The van der Waals surface area contributed by atoms with E-state index in [0.717, 1.165) is 22.3 Å². The Morgan fingerprint density at radius 1 is 1.16 bits per heavy atom. The van der Waals surface area contributed by atoms with Crippen LogP contribution >= 0.6 is 0 Å². The van der Waals surface area contributed by atoms with Crippen LogP contribution in [0.4, 0.5) is 0 Å². The van der Waals surface area contributed by atoms with Gasteiger partial charge in [0, 0.05) is 18.5 Å². The first-order valence-electron chi connectivity index (χ1n) is 8.24. The highest BCUT2D eigenvalue weighted by Crippen LogP contribution is 2.31. The van der Waals surface area contributed by atoms with Crippen LogP contribution in [-0.4, -0.2) is 30.3 Å². The van der Waals surface area contributed by atoms with E-state index in [9.17, 15) is 8.42 Å². The van der Waals surface area contributed by atoms with Gasteiger partial charge in [-0.25, -0.2) is 18.1 Å². The number of hydrogen-bond acceptors (Lipinski definition) is 4. The highest BCUT2D eigenvalue weighted by molar-refractivity contribution is 7.89. The van der Waals surface area contributed by atoms with E-state index >= 15 is 0 Å². The number of ether oxygens (including phenoxy) is 1. The molecule has 0 bridgehead atoms. The average molecular weight is 357 g/mol. The molecular weight excluding hydrogens is 338 g/mol. The third kappa shape index (κ3) is 3.38. The quantitative estimate of drug-likeness (QED) is 0.761. The number of aryl methyl sites for hydroxylation is 1. The lowest BCUT2D eigenvalue weighted by Crippen LogP contribution is -2.34. The molecule has 7 heteroatoms. The molecule has 0 unspecified atom stereocenters. The maximum atomic E-state index is 12.6. The van der Waals surface area contributed by atoms with E-state index in [1.54, 1.807) is 6.33 Å². The molecule has 4 rings (SSSR count). The van der Waals surface area contributed by atoms with Crippen molar-refractivity contribution in [2.24, 2.45) is 0 Å². The monoisotopic (exact) mass is 357 g/mol. The summed E-state index contributed by atoms with van der Waals surface area (Å²) in [6, 6.07) is 15.0. The molecule has 0 fully saturated rings. The first-order chi connectivity index (χ1) is 12.1. The third-order valence-electron chi connectivity index (χ3n) is 4.41. The van der Waals surface area contributed by atoms with Gasteiger partial charge in [-0.15, -0.1) is 0 Å². The number of imidazole rings is 1. The van der Waals surface area contributed by atoms with Crippen LogP contribution in [0.2, 0.25) is 0 Å². The van der Waals surface area contributed by atoms with Crippen molar-refractivity contribution in [3.8, 4) is 5.75 Å². The second-order valence-corrected chi connectivity index (χ2v) is 7.96. The number of benzene rings is 2. The van der Waals surface area contributed by atoms with Crippen molar-refractivity contribution in [2.45, 2.75) is 19.0 Å². The fraction of sp³-hybridized carbons (Fsp3) is 0.278. The number of fused-ring (bicyclic) bond motifs is 2. The standard InChI is InChI=1S/C18H19N3O3S/c22-25(23,12-10-21-13-19-16-6-2-3-7-17(16)21)20-15-9-11-24-18-8-4-1-5-14(15)18/h1-8,13,15,20H,9-12H2/t15-/m1/s1. The minimum atomic E-state index is -3.42. The van der Waals surface area contributed by atoms with Crippen molar-refractivity contribution in [3.05, 3.63) is 60.4 Å². The Morgan fingerprint density at radius 2 is 1.96 bits per heavy atom. The van der Waals surface area contributed by atoms with Gasteiger partial charge in [0.25, 0.3) is 0 Å². The van der Waals surface area contributed by atoms with E-state index in [0.29, 0.717) is 19.6 Å². The minimum absolute atomic E-state index is 0.00682. The number of nitrogens with zero attached hydrogens (tertiary/aromatic N) is 2. The number of para-hydroxylation sites is 3. The molecule has 0 saturated heterocycles. The second kappa shape index (κ2) is 6.50. The van der Waals surface area contributed by atoms with Gasteiger partial charge in [0.1, 0.15) is 5.75 Å². The van der Waals surface area contributed by atoms with Crippen LogP contribution in [-0.2, 0) is 16.6 Å². The van der Waals surface area contributed by atoms with Gasteiger partial charge >= 0.3 is 0 Å². The van der Waals surface area contributed by atoms with Crippen LogP contribution in [0, 0.1) is 0 Å².